The number of imide groups is 1. The van der Waals surface area contributed by atoms with Crippen molar-refractivity contribution in [1.29, 1.82) is 0 Å². The van der Waals surface area contributed by atoms with E-state index in [2.05, 4.69) is 11.2 Å². The molecular weight excluding hydrogens is 439 g/mol. The maximum atomic E-state index is 12.6. The standard InChI is InChI=1S/C16H20F3NO5S3/c1-7-2-3-10-11(4-7)27-13-6-9-8(5-12(13)26-10)14(21)20(15(9)22)25-28(23,24)16(17,18)19/h7-13H,2-6H2,1H3. The van der Waals surface area contributed by atoms with E-state index in [0.717, 1.165) is 19.3 Å². The Hall–Kier alpha value is -0.460. The molecule has 6 nitrogen and oxygen atoms in total. The normalized spacial score (nSPS) is 41.4. The predicted molar refractivity (Wildman–Crippen MR) is 97.5 cm³/mol. The van der Waals surface area contributed by atoms with Gasteiger partial charge in [0.25, 0.3) is 11.8 Å². The zero-order valence-corrected chi connectivity index (χ0v) is 17.4. The molecule has 0 radical (unpaired) electrons. The Morgan fingerprint density at radius 1 is 0.929 bits per heavy atom. The molecule has 2 amide bonds. The number of hydrogen-bond acceptors (Lipinski definition) is 7. The van der Waals surface area contributed by atoms with Crippen LogP contribution in [0.4, 0.5) is 13.2 Å². The van der Waals surface area contributed by atoms with Gasteiger partial charge in [0.1, 0.15) is 0 Å². The summed E-state index contributed by atoms with van der Waals surface area (Å²) in [6, 6.07) is 0. The van der Waals surface area contributed by atoms with E-state index in [9.17, 15) is 31.2 Å². The van der Waals surface area contributed by atoms with E-state index in [1.54, 1.807) is 0 Å². The van der Waals surface area contributed by atoms with Crippen LogP contribution in [0.3, 0.4) is 0 Å². The number of hydroxylamine groups is 2. The lowest BCUT2D eigenvalue weighted by molar-refractivity contribution is -0.168. The maximum Gasteiger partial charge on any atom is 0.525 e. The van der Waals surface area contributed by atoms with Crippen molar-refractivity contribution in [3.05, 3.63) is 0 Å². The molecule has 0 aromatic heterocycles. The van der Waals surface area contributed by atoms with Gasteiger partial charge < -0.3 is 0 Å². The molecule has 158 valence electrons. The molecule has 7 unspecified atom stereocenters. The third kappa shape index (κ3) is 3.47. The Balaban J connectivity index is 1.50. The molecule has 0 N–H and O–H groups in total. The van der Waals surface area contributed by atoms with Crippen LogP contribution in [0.15, 0.2) is 0 Å². The second-order valence-electron chi connectivity index (χ2n) is 7.97. The number of amides is 2. The highest BCUT2D eigenvalue weighted by atomic mass is 32.2. The van der Waals surface area contributed by atoms with Crippen molar-refractivity contribution < 1.29 is 35.5 Å². The van der Waals surface area contributed by atoms with Crippen LogP contribution in [0, 0.1) is 17.8 Å². The molecule has 4 aliphatic rings. The fourth-order valence-electron chi connectivity index (χ4n) is 4.64. The van der Waals surface area contributed by atoms with E-state index in [0.29, 0.717) is 29.3 Å². The monoisotopic (exact) mass is 459 g/mol. The molecule has 2 aliphatic carbocycles. The number of rotatable bonds is 2. The summed E-state index contributed by atoms with van der Waals surface area (Å²) in [5.74, 6) is -2.95. The summed E-state index contributed by atoms with van der Waals surface area (Å²) >= 11 is 3.66. The first-order chi connectivity index (χ1) is 13.0. The number of halogens is 3. The van der Waals surface area contributed by atoms with Gasteiger partial charge in [-0.2, -0.15) is 45.1 Å². The van der Waals surface area contributed by atoms with Crippen molar-refractivity contribution in [3.63, 3.8) is 0 Å². The van der Waals surface area contributed by atoms with Gasteiger partial charge in [-0.15, -0.1) is 9.35 Å². The Kier molecular flexibility index (Phi) is 5.24. The number of fused-ring (bicyclic) bond motifs is 3. The minimum atomic E-state index is -6.07. The number of carbonyl (C=O) groups is 2. The minimum absolute atomic E-state index is 0.133. The Bertz CT molecular complexity index is 789. The highest BCUT2D eigenvalue weighted by molar-refractivity contribution is 8.08. The van der Waals surface area contributed by atoms with Gasteiger partial charge >= 0.3 is 15.6 Å². The average molecular weight is 460 g/mol. The summed E-state index contributed by atoms with van der Waals surface area (Å²) in [6.07, 6.45) is 4.09. The van der Waals surface area contributed by atoms with Crippen LogP contribution >= 0.6 is 23.5 Å². The van der Waals surface area contributed by atoms with Crippen LogP contribution in [-0.2, 0) is 24.0 Å². The average Bonchev–Trinajstić information content (AvgIpc) is 2.81. The van der Waals surface area contributed by atoms with Crippen LogP contribution in [-0.4, -0.2) is 51.8 Å². The van der Waals surface area contributed by atoms with Crippen LogP contribution in [0.5, 0.6) is 0 Å². The van der Waals surface area contributed by atoms with E-state index in [4.69, 9.17) is 0 Å². The predicted octanol–water partition coefficient (Wildman–Crippen LogP) is 2.94. The topological polar surface area (TPSA) is 80.8 Å². The molecule has 4 fully saturated rings. The van der Waals surface area contributed by atoms with Crippen molar-refractivity contribution in [3.8, 4) is 0 Å². The lowest BCUT2D eigenvalue weighted by atomic mass is 9.80. The highest BCUT2D eigenvalue weighted by Gasteiger charge is 2.59. The number of thioether (sulfide) groups is 2. The van der Waals surface area contributed by atoms with Crippen molar-refractivity contribution in [2.45, 2.75) is 65.5 Å². The van der Waals surface area contributed by atoms with E-state index < -0.39 is 39.3 Å². The first-order valence-electron chi connectivity index (χ1n) is 9.17. The van der Waals surface area contributed by atoms with Gasteiger partial charge in [0.2, 0.25) is 0 Å². The summed E-state index contributed by atoms with van der Waals surface area (Å²) in [7, 11) is -6.07. The first kappa shape index (κ1) is 20.8. The Labute approximate surface area is 169 Å². The molecule has 0 aromatic carbocycles. The summed E-state index contributed by atoms with van der Waals surface area (Å²) < 4.78 is 64.2. The molecule has 12 heteroatoms. The van der Waals surface area contributed by atoms with Crippen molar-refractivity contribution >= 4 is 45.5 Å². The summed E-state index contributed by atoms with van der Waals surface area (Å²) in [4.78, 5) is 25.0. The van der Waals surface area contributed by atoms with Gasteiger partial charge in [-0.3, -0.25) is 9.59 Å². The quantitative estimate of drug-likeness (QED) is 0.464. The lowest BCUT2D eigenvalue weighted by Crippen LogP contribution is -2.45. The van der Waals surface area contributed by atoms with Crippen LogP contribution in [0.25, 0.3) is 0 Å². The van der Waals surface area contributed by atoms with E-state index in [1.807, 2.05) is 23.5 Å². The van der Waals surface area contributed by atoms with E-state index >= 15 is 0 Å². The Morgan fingerprint density at radius 3 is 1.96 bits per heavy atom. The van der Waals surface area contributed by atoms with Crippen molar-refractivity contribution in [1.82, 2.24) is 5.06 Å². The minimum Gasteiger partial charge on any atom is -0.272 e. The number of hydrogen-bond donors (Lipinski definition) is 0. The van der Waals surface area contributed by atoms with Crippen molar-refractivity contribution in [2.24, 2.45) is 17.8 Å². The van der Waals surface area contributed by atoms with E-state index in [-0.39, 0.29) is 15.6 Å². The molecule has 2 saturated carbocycles. The van der Waals surface area contributed by atoms with Gasteiger partial charge in [-0.25, -0.2) is 0 Å². The second-order valence-corrected chi connectivity index (χ2v) is 12.5. The molecule has 0 aromatic rings. The molecule has 28 heavy (non-hydrogen) atoms. The zero-order chi connectivity index (χ0) is 20.4. The second kappa shape index (κ2) is 7.05. The summed E-state index contributed by atoms with van der Waals surface area (Å²) in [5, 5.41) is 1.08. The van der Waals surface area contributed by atoms with Gasteiger partial charge in [0, 0.05) is 21.0 Å². The van der Waals surface area contributed by atoms with Crippen LogP contribution in [0.2, 0.25) is 0 Å². The largest absolute Gasteiger partial charge is 0.525 e. The van der Waals surface area contributed by atoms with Gasteiger partial charge in [0.15, 0.2) is 0 Å². The molecule has 4 rings (SSSR count). The SMILES string of the molecule is CC1CCC2SC3CC4C(=O)N(OS(=O)(=O)C(F)(F)F)C(=O)C4CC3SC2C1. The number of carbonyl (C=O) groups excluding carboxylic acids is 2. The fraction of sp³-hybridized carbons (Fsp3) is 0.875. The molecule has 7 atom stereocenters. The Morgan fingerprint density at radius 2 is 1.43 bits per heavy atom. The fourth-order valence-corrected chi connectivity index (χ4v) is 9.25. The molecule has 2 heterocycles. The first-order valence-corrected chi connectivity index (χ1v) is 12.5. The lowest BCUT2D eigenvalue weighted by Gasteiger charge is -2.47. The van der Waals surface area contributed by atoms with Crippen LogP contribution < -0.4 is 0 Å². The van der Waals surface area contributed by atoms with Crippen molar-refractivity contribution in [2.75, 3.05) is 0 Å². The number of alkyl halides is 3. The summed E-state index contributed by atoms with van der Waals surface area (Å²) in [6.45, 7) is 2.22. The smallest absolute Gasteiger partial charge is 0.272 e. The highest BCUT2D eigenvalue weighted by Crippen LogP contribution is 2.55. The summed E-state index contributed by atoms with van der Waals surface area (Å²) in [5.41, 5.74) is -5.70. The van der Waals surface area contributed by atoms with Gasteiger partial charge in [-0.05, 0) is 38.0 Å². The van der Waals surface area contributed by atoms with Gasteiger partial charge in [0.05, 0.1) is 11.8 Å². The number of nitrogens with zero attached hydrogens (tertiary/aromatic N) is 1. The van der Waals surface area contributed by atoms with E-state index in [1.165, 1.54) is 0 Å². The van der Waals surface area contributed by atoms with Crippen LogP contribution in [0.1, 0.15) is 39.0 Å². The molecule has 0 bridgehead atoms. The third-order valence-electron chi connectivity index (χ3n) is 6.06. The molecule has 2 saturated heterocycles. The molecule has 2 aliphatic heterocycles. The van der Waals surface area contributed by atoms with Gasteiger partial charge in [-0.1, -0.05) is 6.92 Å². The molecule has 0 spiro atoms. The molecular formula is C16H20F3NO5S3. The maximum absolute atomic E-state index is 12.6. The zero-order valence-electron chi connectivity index (χ0n) is 14.9. The third-order valence-corrected chi connectivity index (χ3v) is 10.8.